The Morgan fingerprint density at radius 3 is 2.67 bits per heavy atom. The standard InChI is InChI=1S/C7H8N4O/c8-6-1-3-7(4-2-6)12-5-10-11-9/h1-4H,5,8H2. The van der Waals surface area contributed by atoms with E-state index in [2.05, 4.69) is 10.0 Å². The molecule has 0 aliphatic heterocycles. The van der Waals surface area contributed by atoms with Gasteiger partial charge in [0.25, 0.3) is 0 Å². The van der Waals surface area contributed by atoms with Crippen LogP contribution in [0.3, 0.4) is 0 Å². The minimum atomic E-state index is 0.000415. The number of azide groups is 1. The van der Waals surface area contributed by atoms with Gasteiger partial charge in [0.1, 0.15) is 5.75 Å². The minimum absolute atomic E-state index is 0.000415. The molecular weight excluding hydrogens is 156 g/mol. The molecule has 0 atom stereocenters. The summed E-state index contributed by atoms with van der Waals surface area (Å²) < 4.78 is 5.03. The first-order valence-corrected chi connectivity index (χ1v) is 3.32. The third-order valence-corrected chi connectivity index (χ3v) is 1.23. The molecule has 0 aromatic heterocycles. The fourth-order valence-corrected chi connectivity index (χ4v) is 0.693. The Kier molecular flexibility index (Phi) is 2.81. The summed E-state index contributed by atoms with van der Waals surface area (Å²) in [6, 6.07) is 6.85. The second-order valence-corrected chi connectivity index (χ2v) is 2.07. The first-order chi connectivity index (χ1) is 5.83. The zero-order valence-electron chi connectivity index (χ0n) is 6.34. The predicted molar refractivity (Wildman–Crippen MR) is 45.5 cm³/mol. The van der Waals surface area contributed by atoms with Crippen LogP contribution < -0.4 is 10.5 Å². The number of benzene rings is 1. The second-order valence-electron chi connectivity index (χ2n) is 2.07. The van der Waals surface area contributed by atoms with E-state index in [1.807, 2.05) is 0 Å². The smallest absolute Gasteiger partial charge is 0.167 e. The van der Waals surface area contributed by atoms with Crippen LogP contribution in [0, 0.1) is 0 Å². The molecule has 62 valence electrons. The van der Waals surface area contributed by atoms with Crippen molar-refractivity contribution in [2.75, 3.05) is 12.5 Å². The van der Waals surface area contributed by atoms with Crippen molar-refractivity contribution in [3.05, 3.63) is 34.7 Å². The average molecular weight is 164 g/mol. The fourth-order valence-electron chi connectivity index (χ4n) is 0.693. The number of nitrogen functional groups attached to an aromatic ring is 1. The van der Waals surface area contributed by atoms with Gasteiger partial charge >= 0.3 is 0 Å². The summed E-state index contributed by atoms with van der Waals surface area (Å²) in [7, 11) is 0. The molecule has 0 radical (unpaired) electrons. The Bertz CT molecular complexity index is 289. The van der Waals surface area contributed by atoms with Crippen molar-refractivity contribution in [2.45, 2.75) is 0 Å². The number of nitrogens with zero attached hydrogens (tertiary/aromatic N) is 3. The largest absolute Gasteiger partial charge is 0.488 e. The van der Waals surface area contributed by atoms with Crippen molar-refractivity contribution >= 4 is 5.69 Å². The van der Waals surface area contributed by atoms with E-state index < -0.39 is 0 Å². The van der Waals surface area contributed by atoms with Crippen molar-refractivity contribution in [3.8, 4) is 5.75 Å². The normalized spacial score (nSPS) is 8.67. The Morgan fingerprint density at radius 2 is 2.08 bits per heavy atom. The van der Waals surface area contributed by atoms with E-state index in [0.717, 1.165) is 0 Å². The van der Waals surface area contributed by atoms with Gasteiger partial charge in [-0.25, -0.2) is 0 Å². The molecule has 0 aliphatic rings. The van der Waals surface area contributed by atoms with Gasteiger partial charge in [-0.05, 0) is 29.8 Å². The number of ether oxygens (including phenoxy) is 1. The van der Waals surface area contributed by atoms with Gasteiger partial charge in [-0.2, -0.15) is 0 Å². The third-order valence-electron chi connectivity index (χ3n) is 1.23. The zero-order valence-corrected chi connectivity index (χ0v) is 6.34. The van der Waals surface area contributed by atoms with Crippen LogP contribution in [0.15, 0.2) is 29.4 Å². The van der Waals surface area contributed by atoms with Gasteiger partial charge in [0.2, 0.25) is 0 Å². The quantitative estimate of drug-likeness (QED) is 0.320. The monoisotopic (exact) mass is 164 g/mol. The summed E-state index contributed by atoms with van der Waals surface area (Å²) in [5, 5.41) is 3.22. The molecule has 0 spiro atoms. The van der Waals surface area contributed by atoms with Gasteiger partial charge in [-0.1, -0.05) is 5.11 Å². The van der Waals surface area contributed by atoms with E-state index in [4.69, 9.17) is 16.0 Å². The van der Waals surface area contributed by atoms with Crippen LogP contribution in [-0.4, -0.2) is 6.73 Å². The predicted octanol–water partition coefficient (Wildman–Crippen LogP) is 1.92. The molecule has 0 aliphatic carbocycles. The SMILES string of the molecule is [N-]=[N+]=NCOc1ccc(N)cc1. The molecule has 0 heterocycles. The molecular formula is C7H8N4O. The van der Waals surface area contributed by atoms with E-state index in [1.54, 1.807) is 24.3 Å². The lowest BCUT2D eigenvalue weighted by Gasteiger charge is -2.01. The van der Waals surface area contributed by atoms with Crippen LogP contribution in [0.5, 0.6) is 5.75 Å². The van der Waals surface area contributed by atoms with E-state index in [9.17, 15) is 0 Å². The first-order valence-electron chi connectivity index (χ1n) is 3.32. The average Bonchev–Trinajstić information content (AvgIpc) is 2.09. The highest BCUT2D eigenvalue weighted by molar-refractivity contribution is 5.41. The van der Waals surface area contributed by atoms with Crippen molar-refractivity contribution < 1.29 is 4.74 Å². The maximum absolute atomic E-state index is 7.95. The van der Waals surface area contributed by atoms with Gasteiger partial charge in [-0.15, -0.1) is 0 Å². The molecule has 0 bridgehead atoms. The minimum Gasteiger partial charge on any atom is -0.488 e. The summed E-state index contributed by atoms with van der Waals surface area (Å²) in [5.74, 6) is 0.636. The van der Waals surface area contributed by atoms with Crippen molar-refractivity contribution in [2.24, 2.45) is 5.11 Å². The van der Waals surface area contributed by atoms with Crippen molar-refractivity contribution in [1.29, 1.82) is 0 Å². The Morgan fingerprint density at radius 1 is 1.42 bits per heavy atom. The Balaban J connectivity index is 2.53. The number of nitrogens with two attached hydrogens (primary N) is 1. The van der Waals surface area contributed by atoms with Crippen LogP contribution >= 0.6 is 0 Å². The van der Waals surface area contributed by atoms with Gasteiger partial charge in [0.05, 0.1) is 0 Å². The van der Waals surface area contributed by atoms with E-state index >= 15 is 0 Å². The molecule has 5 nitrogen and oxygen atoms in total. The molecule has 12 heavy (non-hydrogen) atoms. The van der Waals surface area contributed by atoms with E-state index in [1.165, 1.54) is 0 Å². The molecule has 1 aromatic carbocycles. The number of hydrogen-bond acceptors (Lipinski definition) is 3. The number of anilines is 1. The Hall–Kier alpha value is -1.87. The molecule has 0 unspecified atom stereocenters. The lowest BCUT2D eigenvalue weighted by atomic mass is 10.3. The Labute approximate surface area is 69.4 Å². The molecule has 1 aromatic rings. The van der Waals surface area contributed by atoms with Crippen LogP contribution in [0.2, 0.25) is 0 Å². The summed E-state index contributed by atoms with van der Waals surface area (Å²) in [4.78, 5) is 2.54. The molecule has 5 heteroatoms. The highest BCUT2D eigenvalue weighted by atomic mass is 16.5. The topological polar surface area (TPSA) is 84.0 Å². The maximum Gasteiger partial charge on any atom is 0.167 e. The molecule has 1 rings (SSSR count). The maximum atomic E-state index is 7.95. The van der Waals surface area contributed by atoms with E-state index in [-0.39, 0.29) is 6.73 Å². The zero-order chi connectivity index (χ0) is 8.81. The molecule has 0 fully saturated rings. The fraction of sp³-hybridized carbons (Fsp3) is 0.143. The third kappa shape index (κ3) is 2.40. The van der Waals surface area contributed by atoms with Crippen LogP contribution in [0.1, 0.15) is 0 Å². The summed E-state index contributed by atoms with van der Waals surface area (Å²) in [5.41, 5.74) is 14.1. The van der Waals surface area contributed by atoms with Crippen LogP contribution in [0.25, 0.3) is 10.4 Å². The van der Waals surface area contributed by atoms with Gasteiger partial charge in [0, 0.05) is 10.6 Å². The molecule has 2 N–H and O–H groups in total. The van der Waals surface area contributed by atoms with Gasteiger partial charge in [-0.3, -0.25) is 0 Å². The van der Waals surface area contributed by atoms with Crippen LogP contribution in [0.4, 0.5) is 5.69 Å². The van der Waals surface area contributed by atoms with Gasteiger partial charge in [0.15, 0.2) is 6.73 Å². The van der Waals surface area contributed by atoms with Crippen LogP contribution in [-0.2, 0) is 0 Å². The second kappa shape index (κ2) is 4.10. The summed E-state index contributed by atoms with van der Waals surface area (Å²) >= 11 is 0. The summed E-state index contributed by atoms with van der Waals surface area (Å²) in [6.07, 6.45) is 0. The van der Waals surface area contributed by atoms with E-state index in [0.29, 0.717) is 11.4 Å². The van der Waals surface area contributed by atoms with Crippen molar-refractivity contribution in [1.82, 2.24) is 0 Å². The highest BCUT2D eigenvalue weighted by Crippen LogP contribution is 2.12. The van der Waals surface area contributed by atoms with Crippen molar-refractivity contribution in [3.63, 3.8) is 0 Å². The molecule has 0 saturated carbocycles. The number of hydrogen-bond donors (Lipinski definition) is 1. The molecule has 0 saturated heterocycles. The summed E-state index contributed by atoms with van der Waals surface area (Å²) in [6.45, 7) is 0.000415. The first kappa shape index (κ1) is 8.23. The molecule has 0 amide bonds. The lowest BCUT2D eigenvalue weighted by Crippen LogP contribution is -1.92. The van der Waals surface area contributed by atoms with Gasteiger partial charge < -0.3 is 10.5 Å². The lowest BCUT2D eigenvalue weighted by molar-refractivity contribution is 0.329. The number of rotatable bonds is 3. The highest BCUT2D eigenvalue weighted by Gasteiger charge is 1.89.